The van der Waals surface area contributed by atoms with Crippen LogP contribution in [-0.2, 0) is 4.79 Å². The number of ketones is 1. The predicted octanol–water partition coefficient (Wildman–Crippen LogP) is 3.55. The number of nitrogens with zero attached hydrogens (tertiary/aromatic N) is 1. The van der Waals surface area contributed by atoms with Crippen molar-refractivity contribution in [2.45, 2.75) is 32.6 Å². The number of fused-ring (bicyclic) bond motifs is 1. The van der Waals surface area contributed by atoms with Crippen LogP contribution >= 0.6 is 0 Å². The lowest BCUT2D eigenvalue weighted by Gasteiger charge is -2.15. The van der Waals surface area contributed by atoms with Crippen LogP contribution in [-0.4, -0.2) is 29.0 Å². The number of Topliss-reactive ketones (excluding diaryl/α,β-unsaturated/α-hetero) is 1. The highest BCUT2D eigenvalue weighted by Gasteiger charge is 2.19. The Balaban J connectivity index is 2.50. The molecule has 0 unspecified atom stereocenters. The second-order valence-corrected chi connectivity index (χ2v) is 5.54. The second kappa shape index (κ2) is 6.73. The summed E-state index contributed by atoms with van der Waals surface area (Å²) in [5, 5.41) is 8.94. The first-order valence-electron chi connectivity index (χ1n) is 7.27. The molecular formula is C17H18FNO4. The fourth-order valence-electron chi connectivity index (χ4n) is 2.44. The van der Waals surface area contributed by atoms with E-state index in [9.17, 15) is 14.0 Å². The summed E-state index contributed by atoms with van der Waals surface area (Å²) in [5.74, 6) is -1.53. The minimum Gasteiger partial charge on any atom is -0.496 e. The van der Waals surface area contributed by atoms with E-state index in [4.69, 9.17) is 9.84 Å². The third kappa shape index (κ3) is 3.47. The molecular weight excluding hydrogens is 301 g/mol. The van der Waals surface area contributed by atoms with E-state index in [1.54, 1.807) is 6.07 Å². The van der Waals surface area contributed by atoms with Gasteiger partial charge >= 0.3 is 5.97 Å². The molecule has 0 radical (unpaired) electrons. The molecule has 0 spiro atoms. The molecule has 0 saturated heterocycles. The minimum absolute atomic E-state index is 0.0637. The normalized spacial score (nSPS) is 11.0. The maximum atomic E-state index is 14.7. The summed E-state index contributed by atoms with van der Waals surface area (Å²) in [6, 6.07) is 4.52. The molecule has 1 heterocycles. The van der Waals surface area contributed by atoms with Crippen molar-refractivity contribution in [1.29, 1.82) is 0 Å². The predicted molar refractivity (Wildman–Crippen MR) is 83.5 cm³/mol. The van der Waals surface area contributed by atoms with Crippen LogP contribution in [0.1, 0.15) is 48.7 Å². The van der Waals surface area contributed by atoms with Crippen LogP contribution in [0.25, 0.3) is 10.9 Å². The molecule has 0 aliphatic carbocycles. The second-order valence-electron chi connectivity index (χ2n) is 5.54. The summed E-state index contributed by atoms with van der Waals surface area (Å²) in [7, 11) is 1.45. The van der Waals surface area contributed by atoms with Crippen LogP contribution in [0.4, 0.5) is 4.39 Å². The summed E-state index contributed by atoms with van der Waals surface area (Å²) in [4.78, 5) is 26.7. The summed E-state index contributed by atoms with van der Waals surface area (Å²) in [5.41, 5.74) is 0.897. The summed E-state index contributed by atoms with van der Waals surface area (Å²) >= 11 is 0. The molecule has 0 aliphatic rings. The number of aromatic nitrogens is 1. The van der Waals surface area contributed by atoms with Gasteiger partial charge in [-0.3, -0.25) is 9.59 Å². The highest BCUT2D eigenvalue weighted by Crippen LogP contribution is 2.34. The first-order chi connectivity index (χ1) is 10.8. The van der Waals surface area contributed by atoms with Gasteiger partial charge in [0.2, 0.25) is 0 Å². The van der Waals surface area contributed by atoms with E-state index < -0.39 is 11.8 Å². The molecule has 2 aromatic rings. The zero-order valence-electron chi connectivity index (χ0n) is 13.2. The summed E-state index contributed by atoms with van der Waals surface area (Å²) < 4.78 is 19.9. The molecule has 0 saturated carbocycles. The number of pyridine rings is 1. The number of ether oxygens (including phenoxy) is 1. The van der Waals surface area contributed by atoms with Crippen LogP contribution in [0.2, 0.25) is 0 Å². The van der Waals surface area contributed by atoms with Crippen molar-refractivity contribution in [2.24, 2.45) is 0 Å². The Morgan fingerprint density at radius 1 is 1.30 bits per heavy atom. The van der Waals surface area contributed by atoms with Crippen molar-refractivity contribution in [3.63, 3.8) is 0 Å². The van der Waals surface area contributed by atoms with E-state index in [1.807, 2.05) is 13.8 Å². The van der Waals surface area contributed by atoms with Gasteiger partial charge in [-0.15, -0.1) is 0 Å². The highest BCUT2D eigenvalue weighted by atomic mass is 19.1. The molecule has 1 aromatic heterocycles. The van der Waals surface area contributed by atoms with Gasteiger partial charge in [0.25, 0.3) is 0 Å². The quantitative estimate of drug-likeness (QED) is 0.824. The van der Waals surface area contributed by atoms with Crippen molar-refractivity contribution < 1.29 is 23.8 Å². The molecule has 23 heavy (non-hydrogen) atoms. The number of benzene rings is 1. The highest BCUT2D eigenvalue weighted by molar-refractivity contribution is 5.98. The monoisotopic (exact) mass is 319 g/mol. The molecule has 6 heteroatoms. The van der Waals surface area contributed by atoms with Crippen molar-refractivity contribution in [3.05, 3.63) is 35.3 Å². The average molecular weight is 319 g/mol. The van der Waals surface area contributed by atoms with Crippen LogP contribution in [0, 0.1) is 5.82 Å². The number of carboxylic acid groups (broad SMARTS) is 1. The lowest BCUT2D eigenvalue weighted by atomic mass is 9.98. The molecule has 0 bridgehead atoms. The lowest BCUT2D eigenvalue weighted by Crippen LogP contribution is -2.07. The van der Waals surface area contributed by atoms with E-state index in [-0.39, 0.29) is 30.2 Å². The topological polar surface area (TPSA) is 76.5 Å². The Labute approximate surface area is 133 Å². The number of hydrogen-bond acceptors (Lipinski definition) is 4. The van der Waals surface area contributed by atoms with Crippen molar-refractivity contribution in [3.8, 4) is 5.75 Å². The smallest absolute Gasteiger partial charge is 0.303 e. The number of hydrogen-bond donors (Lipinski definition) is 1. The fourth-order valence-corrected chi connectivity index (χ4v) is 2.44. The molecule has 1 aromatic carbocycles. The third-order valence-corrected chi connectivity index (χ3v) is 3.58. The lowest BCUT2D eigenvalue weighted by molar-refractivity contribution is -0.136. The first-order valence-corrected chi connectivity index (χ1v) is 7.27. The van der Waals surface area contributed by atoms with Gasteiger partial charge in [0, 0.05) is 23.4 Å². The number of aliphatic carboxylic acids is 1. The molecule has 5 nitrogen and oxygen atoms in total. The maximum absolute atomic E-state index is 14.7. The Bertz CT molecular complexity index is 771. The number of carbonyl (C=O) groups is 2. The minimum atomic E-state index is -1.05. The van der Waals surface area contributed by atoms with Crippen molar-refractivity contribution in [2.75, 3.05) is 7.11 Å². The zero-order valence-corrected chi connectivity index (χ0v) is 13.2. The van der Waals surface area contributed by atoms with Crippen LogP contribution in [0.15, 0.2) is 18.2 Å². The standard InChI is InChI=1S/C17H18FNO4/c1-9(2)16-14(23-3)8-12-10(17(16)18)4-5-11(19-12)13(20)6-7-15(21)22/h4-5,8-9H,6-7H2,1-3H3,(H,21,22). The molecule has 0 atom stereocenters. The van der Waals surface area contributed by atoms with Gasteiger partial charge in [0.05, 0.1) is 19.0 Å². The molecule has 122 valence electrons. The Kier molecular flexibility index (Phi) is 4.93. The Morgan fingerprint density at radius 2 is 2.00 bits per heavy atom. The Morgan fingerprint density at radius 3 is 2.57 bits per heavy atom. The van der Waals surface area contributed by atoms with Crippen LogP contribution < -0.4 is 4.74 Å². The van der Waals surface area contributed by atoms with E-state index >= 15 is 0 Å². The molecule has 0 aliphatic heterocycles. The number of rotatable bonds is 6. The largest absolute Gasteiger partial charge is 0.496 e. The number of halogens is 1. The van der Waals surface area contributed by atoms with Gasteiger partial charge in [-0.05, 0) is 18.1 Å². The fraction of sp³-hybridized carbons (Fsp3) is 0.353. The van der Waals surface area contributed by atoms with Crippen LogP contribution in [0.5, 0.6) is 5.75 Å². The van der Waals surface area contributed by atoms with Gasteiger partial charge in [-0.2, -0.15) is 0 Å². The molecule has 0 fully saturated rings. The average Bonchev–Trinajstić information content (AvgIpc) is 2.51. The van der Waals surface area contributed by atoms with Crippen LogP contribution in [0.3, 0.4) is 0 Å². The third-order valence-electron chi connectivity index (χ3n) is 3.58. The zero-order chi connectivity index (χ0) is 17.1. The van der Waals surface area contributed by atoms with Gasteiger partial charge in [-0.1, -0.05) is 13.8 Å². The number of carbonyl (C=O) groups excluding carboxylic acids is 1. The molecule has 0 amide bonds. The molecule has 1 N–H and O–H groups in total. The maximum Gasteiger partial charge on any atom is 0.303 e. The summed E-state index contributed by atoms with van der Waals surface area (Å²) in [6.45, 7) is 3.73. The van der Waals surface area contributed by atoms with E-state index in [0.29, 0.717) is 22.2 Å². The van der Waals surface area contributed by atoms with Gasteiger partial charge in [-0.25, -0.2) is 9.37 Å². The number of carboxylic acids is 1. The van der Waals surface area contributed by atoms with E-state index in [2.05, 4.69) is 4.98 Å². The van der Waals surface area contributed by atoms with Crippen molar-refractivity contribution >= 4 is 22.7 Å². The Hall–Kier alpha value is -2.50. The summed E-state index contributed by atoms with van der Waals surface area (Å²) in [6.07, 6.45) is -0.403. The van der Waals surface area contributed by atoms with Gasteiger partial charge in [0.1, 0.15) is 17.3 Å². The van der Waals surface area contributed by atoms with Crippen molar-refractivity contribution in [1.82, 2.24) is 4.98 Å². The van der Waals surface area contributed by atoms with Gasteiger partial charge < -0.3 is 9.84 Å². The van der Waals surface area contributed by atoms with Gasteiger partial charge in [0.15, 0.2) is 5.78 Å². The van der Waals surface area contributed by atoms with E-state index in [1.165, 1.54) is 19.2 Å². The number of methoxy groups -OCH3 is 1. The molecule has 2 rings (SSSR count). The first kappa shape index (κ1) is 16.9. The van der Waals surface area contributed by atoms with E-state index in [0.717, 1.165) is 0 Å². The SMILES string of the molecule is COc1cc2nc(C(=O)CCC(=O)O)ccc2c(F)c1C(C)C.